The van der Waals surface area contributed by atoms with Gasteiger partial charge >= 0.3 is 0 Å². The van der Waals surface area contributed by atoms with E-state index < -0.39 is 0 Å². The molecular formula is C32H28N4O2. The minimum Gasteiger partial charge on any atom is -0.489 e. The van der Waals surface area contributed by atoms with Crippen LogP contribution in [0.4, 0.5) is 0 Å². The maximum Gasteiger partial charge on any atom is 0.291 e. The van der Waals surface area contributed by atoms with Crippen LogP contribution in [0.3, 0.4) is 0 Å². The van der Waals surface area contributed by atoms with Gasteiger partial charge in [0.2, 0.25) is 0 Å². The Bertz CT molecular complexity index is 1550. The van der Waals surface area contributed by atoms with Crippen molar-refractivity contribution in [3.8, 4) is 22.7 Å². The van der Waals surface area contributed by atoms with Crippen molar-refractivity contribution in [2.45, 2.75) is 20.5 Å². The fourth-order valence-corrected chi connectivity index (χ4v) is 4.02. The molecular weight excluding hydrogens is 472 g/mol. The van der Waals surface area contributed by atoms with Crippen LogP contribution in [-0.2, 0) is 6.61 Å². The fraction of sp³-hybridized carbons (Fsp3) is 0.0938. The maximum atomic E-state index is 13.0. The summed E-state index contributed by atoms with van der Waals surface area (Å²) in [6.45, 7) is 4.58. The SMILES string of the molecule is Cc1ccc(-c2cc(C(=O)N/N=C\c3ccc(OCc4ccccc4)cc3)nn2-c2ccccc2C)cc1. The lowest BCUT2D eigenvalue weighted by molar-refractivity contribution is 0.0949. The van der Waals surface area contributed by atoms with Gasteiger partial charge in [0, 0.05) is 5.56 Å². The number of rotatable bonds is 8. The van der Waals surface area contributed by atoms with Crippen molar-refractivity contribution in [3.63, 3.8) is 0 Å². The Kier molecular flexibility index (Phi) is 7.41. The van der Waals surface area contributed by atoms with Crippen molar-refractivity contribution in [3.05, 3.63) is 137 Å². The number of aryl methyl sites for hydroxylation is 2. The Morgan fingerprint density at radius 1 is 0.895 bits per heavy atom. The zero-order valence-corrected chi connectivity index (χ0v) is 21.3. The number of ether oxygens (including phenoxy) is 1. The first-order valence-electron chi connectivity index (χ1n) is 12.4. The van der Waals surface area contributed by atoms with Crippen molar-refractivity contribution in [2.24, 2.45) is 5.10 Å². The average molecular weight is 501 g/mol. The number of para-hydroxylation sites is 1. The molecule has 0 aliphatic rings. The summed E-state index contributed by atoms with van der Waals surface area (Å²) in [5, 5.41) is 8.78. The molecule has 188 valence electrons. The Labute approximate surface area is 222 Å². The van der Waals surface area contributed by atoms with E-state index >= 15 is 0 Å². The fourth-order valence-electron chi connectivity index (χ4n) is 4.02. The van der Waals surface area contributed by atoms with E-state index in [1.54, 1.807) is 12.3 Å². The van der Waals surface area contributed by atoms with Crippen molar-refractivity contribution < 1.29 is 9.53 Å². The summed E-state index contributed by atoms with van der Waals surface area (Å²) in [5.41, 5.74) is 9.78. The van der Waals surface area contributed by atoms with Gasteiger partial charge in [0.1, 0.15) is 12.4 Å². The summed E-state index contributed by atoms with van der Waals surface area (Å²) in [7, 11) is 0. The molecule has 0 aliphatic carbocycles. The first-order valence-corrected chi connectivity index (χ1v) is 12.4. The van der Waals surface area contributed by atoms with Crippen LogP contribution in [0.1, 0.15) is 32.7 Å². The summed E-state index contributed by atoms with van der Waals surface area (Å²) >= 11 is 0. The quantitative estimate of drug-likeness (QED) is 0.195. The number of nitrogens with zero attached hydrogens (tertiary/aromatic N) is 3. The van der Waals surface area contributed by atoms with E-state index in [1.807, 2.05) is 122 Å². The van der Waals surface area contributed by atoms with Crippen LogP contribution in [0.5, 0.6) is 5.75 Å². The lowest BCUT2D eigenvalue weighted by Gasteiger charge is -2.10. The third-order valence-corrected chi connectivity index (χ3v) is 6.14. The van der Waals surface area contributed by atoms with E-state index in [1.165, 1.54) is 5.56 Å². The Hall–Kier alpha value is -4.97. The van der Waals surface area contributed by atoms with E-state index in [9.17, 15) is 4.79 Å². The van der Waals surface area contributed by atoms with Gasteiger partial charge in [-0.05, 0) is 66.9 Å². The molecule has 5 aromatic rings. The molecule has 6 nitrogen and oxygen atoms in total. The number of hydrogen-bond acceptors (Lipinski definition) is 4. The zero-order valence-electron chi connectivity index (χ0n) is 21.3. The molecule has 0 atom stereocenters. The van der Waals surface area contributed by atoms with Crippen molar-refractivity contribution in [1.29, 1.82) is 0 Å². The monoisotopic (exact) mass is 500 g/mol. The normalized spacial score (nSPS) is 11.0. The summed E-state index contributed by atoms with van der Waals surface area (Å²) in [6, 6.07) is 35.5. The molecule has 1 heterocycles. The molecule has 1 aromatic heterocycles. The topological polar surface area (TPSA) is 68.5 Å². The summed E-state index contributed by atoms with van der Waals surface area (Å²) in [4.78, 5) is 13.0. The number of carbonyl (C=O) groups excluding carboxylic acids is 1. The van der Waals surface area contributed by atoms with Gasteiger partial charge in [0.15, 0.2) is 5.69 Å². The Morgan fingerprint density at radius 2 is 1.61 bits per heavy atom. The van der Waals surface area contributed by atoms with Gasteiger partial charge in [-0.25, -0.2) is 10.1 Å². The van der Waals surface area contributed by atoms with E-state index in [-0.39, 0.29) is 11.6 Å². The second-order valence-electron chi connectivity index (χ2n) is 9.02. The largest absolute Gasteiger partial charge is 0.489 e. The molecule has 0 spiro atoms. The van der Waals surface area contributed by atoms with Gasteiger partial charge in [-0.3, -0.25) is 4.79 Å². The number of nitrogens with one attached hydrogen (secondary N) is 1. The molecule has 0 unspecified atom stereocenters. The minimum absolute atomic E-state index is 0.283. The lowest BCUT2D eigenvalue weighted by Crippen LogP contribution is -2.18. The molecule has 6 heteroatoms. The molecule has 0 aliphatic heterocycles. The minimum atomic E-state index is -0.384. The Balaban J connectivity index is 1.29. The van der Waals surface area contributed by atoms with Crippen LogP contribution in [0.15, 0.2) is 114 Å². The molecule has 0 saturated carbocycles. The second-order valence-corrected chi connectivity index (χ2v) is 9.02. The van der Waals surface area contributed by atoms with E-state index in [2.05, 4.69) is 15.6 Å². The lowest BCUT2D eigenvalue weighted by atomic mass is 10.1. The van der Waals surface area contributed by atoms with Gasteiger partial charge in [-0.15, -0.1) is 0 Å². The van der Waals surface area contributed by atoms with Crippen molar-refractivity contribution >= 4 is 12.1 Å². The molecule has 5 rings (SSSR count). The molecule has 0 saturated heterocycles. The van der Waals surface area contributed by atoms with Crippen molar-refractivity contribution in [1.82, 2.24) is 15.2 Å². The molecule has 1 N–H and O–H groups in total. The third-order valence-electron chi connectivity index (χ3n) is 6.14. The predicted molar refractivity (Wildman–Crippen MR) is 151 cm³/mol. The highest BCUT2D eigenvalue weighted by Crippen LogP contribution is 2.26. The van der Waals surface area contributed by atoms with E-state index in [4.69, 9.17) is 4.74 Å². The van der Waals surface area contributed by atoms with Gasteiger partial charge in [-0.2, -0.15) is 10.2 Å². The molecule has 38 heavy (non-hydrogen) atoms. The van der Waals surface area contributed by atoms with Gasteiger partial charge in [0.25, 0.3) is 5.91 Å². The van der Waals surface area contributed by atoms with Crippen LogP contribution < -0.4 is 10.2 Å². The highest BCUT2D eigenvalue weighted by Gasteiger charge is 2.17. The predicted octanol–water partition coefficient (Wildman–Crippen LogP) is 6.50. The van der Waals surface area contributed by atoms with Crippen LogP contribution in [0, 0.1) is 13.8 Å². The summed E-state index contributed by atoms with van der Waals surface area (Å²) in [6.07, 6.45) is 1.60. The summed E-state index contributed by atoms with van der Waals surface area (Å²) < 4.78 is 7.64. The van der Waals surface area contributed by atoms with Crippen LogP contribution >= 0.6 is 0 Å². The maximum absolute atomic E-state index is 13.0. The third kappa shape index (κ3) is 5.87. The Morgan fingerprint density at radius 3 is 2.34 bits per heavy atom. The molecule has 0 radical (unpaired) electrons. The van der Waals surface area contributed by atoms with Crippen LogP contribution in [0.25, 0.3) is 16.9 Å². The molecule has 0 fully saturated rings. The highest BCUT2D eigenvalue weighted by molar-refractivity contribution is 5.94. The number of hydrogen-bond donors (Lipinski definition) is 1. The first kappa shape index (κ1) is 24.7. The van der Waals surface area contributed by atoms with Gasteiger partial charge < -0.3 is 4.74 Å². The number of aromatic nitrogens is 2. The van der Waals surface area contributed by atoms with E-state index in [0.29, 0.717) is 6.61 Å². The second kappa shape index (κ2) is 11.4. The molecule has 4 aromatic carbocycles. The highest BCUT2D eigenvalue weighted by atomic mass is 16.5. The molecule has 0 bridgehead atoms. The number of hydrazone groups is 1. The van der Waals surface area contributed by atoms with Crippen molar-refractivity contribution in [2.75, 3.05) is 0 Å². The standard InChI is InChI=1S/C32H28N4O2/c1-23-12-16-27(17-13-23)31-20-29(35-36(31)30-11-7-6-8-24(30)2)32(37)34-33-21-25-14-18-28(19-15-25)38-22-26-9-4-3-5-10-26/h3-21H,22H2,1-2H3,(H,34,37)/b33-21-. The van der Waals surface area contributed by atoms with Gasteiger partial charge in [0.05, 0.1) is 17.6 Å². The van der Waals surface area contributed by atoms with E-state index in [0.717, 1.165) is 39.4 Å². The number of carbonyl (C=O) groups is 1. The number of amides is 1. The van der Waals surface area contributed by atoms with Gasteiger partial charge in [-0.1, -0.05) is 78.4 Å². The first-order chi connectivity index (χ1) is 18.6. The van der Waals surface area contributed by atoms with Crippen LogP contribution in [-0.4, -0.2) is 21.9 Å². The zero-order chi connectivity index (χ0) is 26.3. The average Bonchev–Trinajstić information content (AvgIpc) is 3.39. The number of benzene rings is 4. The van der Waals surface area contributed by atoms with Crippen LogP contribution in [0.2, 0.25) is 0 Å². The summed E-state index contributed by atoms with van der Waals surface area (Å²) in [5.74, 6) is 0.380. The smallest absolute Gasteiger partial charge is 0.291 e. The molecule has 1 amide bonds.